The first-order valence-electron chi connectivity index (χ1n) is 5.08. The van der Waals surface area contributed by atoms with E-state index < -0.39 is 0 Å². The summed E-state index contributed by atoms with van der Waals surface area (Å²) in [6, 6.07) is 2.47. The van der Waals surface area contributed by atoms with Crippen molar-refractivity contribution in [3.8, 4) is 0 Å². The zero-order valence-electron chi connectivity index (χ0n) is 9.60. The van der Waals surface area contributed by atoms with Gasteiger partial charge in [0.2, 0.25) is 0 Å². The van der Waals surface area contributed by atoms with E-state index in [9.17, 15) is 0 Å². The highest BCUT2D eigenvalue weighted by molar-refractivity contribution is 7.98. The molecule has 0 aliphatic rings. The zero-order valence-corrected chi connectivity index (χ0v) is 10.4. The predicted octanol–water partition coefficient (Wildman–Crippen LogP) is 2.24. The second kappa shape index (κ2) is 5.85. The van der Waals surface area contributed by atoms with Crippen LogP contribution in [-0.2, 0) is 0 Å². The van der Waals surface area contributed by atoms with Gasteiger partial charge in [-0.25, -0.2) is 0 Å². The van der Waals surface area contributed by atoms with Crippen LogP contribution in [0.15, 0.2) is 18.5 Å². The van der Waals surface area contributed by atoms with Crippen molar-refractivity contribution >= 4 is 23.1 Å². The van der Waals surface area contributed by atoms with E-state index in [0.717, 1.165) is 11.4 Å². The van der Waals surface area contributed by atoms with Crippen LogP contribution in [0.3, 0.4) is 0 Å². The van der Waals surface area contributed by atoms with Crippen LogP contribution in [0.5, 0.6) is 0 Å². The molecule has 0 fully saturated rings. The molecule has 1 atom stereocenters. The molecule has 1 rings (SSSR count). The summed E-state index contributed by atoms with van der Waals surface area (Å²) in [4.78, 5) is 6.21. The lowest BCUT2D eigenvalue weighted by Crippen LogP contribution is -2.29. The highest BCUT2D eigenvalue weighted by Gasteiger charge is 2.11. The zero-order chi connectivity index (χ0) is 11.3. The van der Waals surface area contributed by atoms with Crippen LogP contribution in [0.1, 0.15) is 13.3 Å². The van der Waals surface area contributed by atoms with Crippen molar-refractivity contribution in [2.24, 2.45) is 0 Å². The number of aromatic nitrogens is 1. The second-order valence-corrected chi connectivity index (χ2v) is 4.66. The molecule has 0 radical (unpaired) electrons. The molecule has 1 aromatic rings. The Bertz CT molecular complexity index is 304. The van der Waals surface area contributed by atoms with E-state index in [0.29, 0.717) is 6.04 Å². The third-order valence-electron chi connectivity index (χ3n) is 2.61. The molecular formula is C11H19N3S. The van der Waals surface area contributed by atoms with Gasteiger partial charge in [-0.2, -0.15) is 11.8 Å². The molecule has 3 nitrogen and oxygen atoms in total. The number of rotatable bonds is 5. The van der Waals surface area contributed by atoms with Gasteiger partial charge in [0.1, 0.15) is 0 Å². The number of thioether (sulfide) groups is 1. The summed E-state index contributed by atoms with van der Waals surface area (Å²) in [5, 5.41) is 0. The maximum Gasteiger partial charge on any atom is 0.0738 e. The number of nitrogens with two attached hydrogens (primary N) is 1. The van der Waals surface area contributed by atoms with Gasteiger partial charge in [-0.05, 0) is 31.4 Å². The lowest BCUT2D eigenvalue weighted by atomic mass is 10.2. The summed E-state index contributed by atoms with van der Waals surface area (Å²) < 4.78 is 0. The van der Waals surface area contributed by atoms with Crippen LogP contribution in [0.4, 0.5) is 11.4 Å². The molecule has 1 heterocycles. The number of hydrogen-bond acceptors (Lipinski definition) is 4. The van der Waals surface area contributed by atoms with Crippen molar-refractivity contribution in [3.63, 3.8) is 0 Å². The lowest BCUT2D eigenvalue weighted by Gasteiger charge is -2.27. The van der Waals surface area contributed by atoms with Crippen LogP contribution in [0.25, 0.3) is 0 Å². The van der Waals surface area contributed by atoms with Gasteiger partial charge in [-0.15, -0.1) is 0 Å². The Hall–Kier alpha value is -0.900. The van der Waals surface area contributed by atoms with E-state index in [2.05, 4.69) is 30.1 Å². The standard InChI is InChI=1S/C11H19N3S/c1-9(5-7-15-3)14(2)11-4-6-13-8-10(11)12/h4,6,8-9H,5,7,12H2,1-3H3. The van der Waals surface area contributed by atoms with Crippen LogP contribution < -0.4 is 10.6 Å². The number of hydrogen-bond donors (Lipinski definition) is 1. The van der Waals surface area contributed by atoms with Crippen molar-refractivity contribution in [2.45, 2.75) is 19.4 Å². The van der Waals surface area contributed by atoms with Crippen LogP contribution in [-0.4, -0.2) is 30.1 Å². The van der Waals surface area contributed by atoms with E-state index in [4.69, 9.17) is 5.73 Å². The summed E-state index contributed by atoms with van der Waals surface area (Å²) in [5.41, 5.74) is 7.69. The van der Waals surface area contributed by atoms with Crippen LogP contribution in [0, 0.1) is 0 Å². The molecule has 0 aliphatic carbocycles. The Morgan fingerprint density at radius 3 is 2.93 bits per heavy atom. The fraction of sp³-hybridized carbons (Fsp3) is 0.545. The maximum atomic E-state index is 5.88. The van der Waals surface area contributed by atoms with Crippen molar-refractivity contribution in [3.05, 3.63) is 18.5 Å². The Balaban J connectivity index is 2.67. The molecule has 0 amide bonds. The van der Waals surface area contributed by atoms with E-state index >= 15 is 0 Å². The van der Waals surface area contributed by atoms with Gasteiger partial charge < -0.3 is 10.6 Å². The molecule has 0 saturated carbocycles. The third kappa shape index (κ3) is 3.30. The van der Waals surface area contributed by atoms with E-state index in [1.165, 1.54) is 12.2 Å². The highest BCUT2D eigenvalue weighted by atomic mass is 32.2. The van der Waals surface area contributed by atoms with E-state index in [1.807, 2.05) is 17.8 Å². The van der Waals surface area contributed by atoms with Crippen molar-refractivity contribution in [2.75, 3.05) is 29.7 Å². The summed E-state index contributed by atoms with van der Waals surface area (Å²) in [7, 11) is 2.08. The molecule has 0 aliphatic heterocycles. The molecule has 0 aromatic carbocycles. The Labute approximate surface area is 96.1 Å². The molecule has 84 valence electrons. The van der Waals surface area contributed by atoms with Crippen molar-refractivity contribution < 1.29 is 0 Å². The molecule has 1 aromatic heterocycles. The second-order valence-electron chi connectivity index (χ2n) is 3.68. The molecule has 2 N–H and O–H groups in total. The lowest BCUT2D eigenvalue weighted by molar-refractivity contribution is 0.670. The molecule has 1 unspecified atom stereocenters. The number of nitrogens with zero attached hydrogens (tertiary/aromatic N) is 2. The fourth-order valence-corrected chi connectivity index (χ4v) is 2.02. The summed E-state index contributed by atoms with van der Waals surface area (Å²) >= 11 is 1.88. The largest absolute Gasteiger partial charge is 0.396 e. The Morgan fingerprint density at radius 2 is 2.33 bits per heavy atom. The van der Waals surface area contributed by atoms with E-state index in [1.54, 1.807) is 12.4 Å². The average molecular weight is 225 g/mol. The molecule has 0 bridgehead atoms. The predicted molar refractivity (Wildman–Crippen MR) is 69.5 cm³/mol. The normalized spacial score (nSPS) is 12.5. The molecule has 0 saturated heterocycles. The summed E-state index contributed by atoms with van der Waals surface area (Å²) in [5.74, 6) is 1.18. The minimum Gasteiger partial charge on any atom is -0.396 e. The van der Waals surface area contributed by atoms with Crippen molar-refractivity contribution in [1.82, 2.24) is 4.98 Å². The number of pyridine rings is 1. The molecular weight excluding hydrogens is 206 g/mol. The minimum atomic E-state index is 0.502. The smallest absolute Gasteiger partial charge is 0.0738 e. The van der Waals surface area contributed by atoms with Gasteiger partial charge in [0, 0.05) is 19.3 Å². The third-order valence-corrected chi connectivity index (χ3v) is 3.25. The monoisotopic (exact) mass is 225 g/mol. The van der Waals surface area contributed by atoms with Crippen molar-refractivity contribution in [1.29, 1.82) is 0 Å². The maximum absolute atomic E-state index is 5.88. The first-order valence-corrected chi connectivity index (χ1v) is 6.47. The van der Waals surface area contributed by atoms with Gasteiger partial charge in [0.25, 0.3) is 0 Å². The highest BCUT2D eigenvalue weighted by Crippen LogP contribution is 2.23. The molecule has 0 spiro atoms. The first kappa shape index (κ1) is 12.2. The Kier molecular flexibility index (Phi) is 4.75. The van der Waals surface area contributed by atoms with Gasteiger partial charge in [0.15, 0.2) is 0 Å². The van der Waals surface area contributed by atoms with Gasteiger partial charge in [0.05, 0.1) is 17.6 Å². The quantitative estimate of drug-likeness (QED) is 0.834. The topological polar surface area (TPSA) is 42.2 Å². The Morgan fingerprint density at radius 1 is 1.60 bits per heavy atom. The SMILES string of the molecule is CSCCC(C)N(C)c1ccncc1N. The number of nitrogen functional groups attached to an aromatic ring is 1. The van der Waals surface area contributed by atoms with Gasteiger partial charge in [-0.3, -0.25) is 4.98 Å². The van der Waals surface area contributed by atoms with Crippen LogP contribution >= 0.6 is 11.8 Å². The van der Waals surface area contributed by atoms with E-state index in [-0.39, 0.29) is 0 Å². The number of anilines is 2. The fourth-order valence-electron chi connectivity index (χ4n) is 1.44. The first-order chi connectivity index (χ1) is 7.16. The van der Waals surface area contributed by atoms with Gasteiger partial charge in [-0.1, -0.05) is 0 Å². The average Bonchev–Trinajstić information content (AvgIpc) is 2.25. The van der Waals surface area contributed by atoms with Crippen LogP contribution in [0.2, 0.25) is 0 Å². The molecule has 15 heavy (non-hydrogen) atoms. The summed E-state index contributed by atoms with van der Waals surface area (Å²) in [6.07, 6.45) is 6.78. The minimum absolute atomic E-state index is 0.502. The summed E-state index contributed by atoms with van der Waals surface area (Å²) in [6.45, 7) is 2.22. The van der Waals surface area contributed by atoms with Gasteiger partial charge >= 0.3 is 0 Å². The molecule has 4 heteroatoms.